The van der Waals surface area contributed by atoms with Crippen molar-refractivity contribution in [1.82, 2.24) is 0 Å². The number of carboxylic acid groups (broad SMARTS) is 1. The maximum Gasteiger partial charge on any atom is 0.330 e. The molecule has 1 rings (SSSR count). The molecule has 0 aliphatic heterocycles. The van der Waals surface area contributed by atoms with E-state index in [0.29, 0.717) is 25.2 Å². The van der Waals surface area contributed by atoms with Crippen LogP contribution in [-0.2, 0) is 11.2 Å². The third kappa shape index (κ3) is 4.32. The first-order valence-corrected chi connectivity index (χ1v) is 6.37. The molecule has 0 saturated carbocycles. The van der Waals surface area contributed by atoms with Crippen LogP contribution in [0.1, 0.15) is 26.3 Å². The first-order chi connectivity index (χ1) is 9.10. The highest BCUT2D eigenvalue weighted by atomic mass is 16.5. The second kappa shape index (κ2) is 7.46. The summed E-state index contributed by atoms with van der Waals surface area (Å²) in [5.41, 5.74) is 1.19. The third-order valence-corrected chi connectivity index (χ3v) is 2.64. The molecule has 0 atom stereocenters. The number of rotatable bonds is 7. The van der Waals surface area contributed by atoms with Crippen molar-refractivity contribution < 1.29 is 19.4 Å². The Balaban J connectivity index is 3.06. The van der Waals surface area contributed by atoms with Crippen LogP contribution in [0.3, 0.4) is 0 Å². The molecule has 0 fully saturated rings. The van der Waals surface area contributed by atoms with Crippen LogP contribution in [0.4, 0.5) is 0 Å². The summed E-state index contributed by atoms with van der Waals surface area (Å²) >= 11 is 0. The summed E-state index contributed by atoms with van der Waals surface area (Å²) in [5, 5.41) is 8.87. The zero-order valence-electron chi connectivity index (χ0n) is 11.6. The maximum atomic E-state index is 10.8. The van der Waals surface area contributed by atoms with Gasteiger partial charge in [0.15, 0.2) is 0 Å². The quantitative estimate of drug-likeness (QED) is 0.769. The Morgan fingerprint density at radius 3 is 2.16 bits per heavy atom. The van der Waals surface area contributed by atoms with Crippen molar-refractivity contribution in [3.63, 3.8) is 0 Å². The van der Waals surface area contributed by atoms with Gasteiger partial charge in [-0.2, -0.15) is 0 Å². The van der Waals surface area contributed by atoms with Crippen molar-refractivity contribution in [1.29, 1.82) is 0 Å². The number of allylic oxidation sites excluding steroid dienone is 1. The summed E-state index contributed by atoms with van der Waals surface area (Å²) in [6.45, 7) is 6.52. The normalized spacial score (nSPS) is 11.2. The Hall–Kier alpha value is -1.97. The largest absolute Gasteiger partial charge is 0.493 e. The summed E-state index contributed by atoms with van der Waals surface area (Å²) in [6, 6.07) is 5.60. The van der Waals surface area contributed by atoms with Crippen LogP contribution in [0, 0.1) is 0 Å². The van der Waals surface area contributed by atoms with Gasteiger partial charge in [-0.05, 0) is 39.3 Å². The van der Waals surface area contributed by atoms with Gasteiger partial charge in [-0.15, -0.1) is 0 Å². The van der Waals surface area contributed by atoms with E-state index in [0.717, 1.165) is 17.1 Å². The lowest BCUT2D eigenvalue weighted by Crippen LogP contribution is -2.02. The fourth-order valence-electron chi connectivity index (χ4n) is 1.67. The SMILES string of the molecule is CCOc1cccc(OCC)c1CC=C(C)C(=O)O. The predicted molar refractivity (Wildman–Crippen MR) is 73.9 cm³/mol. The average Bonchev–Trinajstić information content (AvgIpc) is 2.38. The molecule has 0 spiro atoms. The van der Waals surface area contributed by atoms with E-state index >= 15 is 0 Å². The second-order valence-corrected chi connectivity index (χ2v) is 4.00. The highest BCUT2D eigenvalue weighted by Gasteiger charge is 2.10. The van der Waals surface area contributed by atoms with Gasteiger partial charge in [0.05, 0.1) is 13.2 Å². The van der Waals surface area contributed by atoms with Gasteiger partial charge in [0.1, 0.15) is 11.5 Å². The number of carboxylic acids is 1. The van der Waals surface area contributed by atoms with Gasteiger partial charge in [0.25, 0.3) is 0 Å². The molecule has 4 heteroatoms. The molecule has 0 aromatic heterocycles. The Morgan fingerprint density at radius 2 is 1.74 bits per heavy atom. The Morgan fingerprint density at radius 1 is 1.21 bits per heavy atom. The summed E-state index contributed by atoms with van der Waals surface area (Å²) < 4.78 is 11.1. The van der Waals surface area contributed by atoms with E-state index in [1.165, 1.54) is 0 Å². The standard InChI is InChI=1S/C15H20O4/c1-4-18-13-7-6-8-14(19-5-2)12(13)10-9-11(3)15(16)17/h6-9H,4-5,10H2,1-3H3,(H,16,17). The molecule has 0 radical (unpaired) electrons. The number of hydrogen-bond donors (Lipinski definition) is 1. The molecular weight excluding hydrogens is 244 g/mol. The molecule has 0 unspecified atom stereocenters. The second-order valence-electron chi connectivity index (χ2n) is 4.00. The van der Waals surface area contributed by atoms with E-state index < -0.39 is 5.97 Å². The van der Waals surface area contributed by atoms with Crippen molar-refractivity contribution in [2.75, 3.05) is 13.2 Å². The van der Waals surface area contributed by atoms with Crippen molar-refractivity contribution >= 4 is 5.97 Å². The Kier molecular flexibility index (Phi) is 5.93. The molecule has 1 aromatic carbocycles. The highest BCUT2D eigenvalue weighted by molar-refractivity contribution is 5.85. The number of carbonyl (C=O) groups is 1. The molecule has 0 aliphatic carbocycles. The minimum atomic E-state index is -0.910. The highest BCUT2D eigenvalue weighted by Crippen LogP contribution is 2.29. The van der Waals surface area contributed by atoms with E-state index in [1.54, 1.807) is 13.0 Å². The zero-order valence-corrected chi connectivity index (χ0v) is 11.6. The molecule has 4 nitrogen and oxygen atoms in total. The lowest BCUT2D eigenvalue weighted by atomic mass is 10.1. The van der Waals surface area contributed by atoms with E-state index in [1.807, 2.05) is 32.0 Å². The van der Waals surface area contributed by atoms with E-state index in [2.05, 4.69) is 0 Å². The minimum Gasteiger partial charge on any atom is -0.493 e. The van der Waals surface area contributed by atoms with Crippen molar-refractivity contribution in [3.8, 4) is 11.5 Å². The van der Waals surface area contributed by atoms with Crippen LogP contribution >= 0.6 is 0 Å². The third-order valence-electron chi connectivity index (χ3n) is 2.64. The van der Waals surface area contributed by atoms with E-state index in [-0.39, 0.29) is 0 Å². The molecule has 0 heterocycles. The summed E-state index contributed by atoms with van der Waals surface area (Å²) in [5.74, 6) is 0.567. The smallest absolute Gasteiger partial charge is 0.330 e. The molecule has 104 valence electrons. The summed E-state index contributed by atoms with van der Waals surface area (Å²) in [6.07, 6.45) is 2.15. The minimum absolute atomic E-state index is 0.314. The van der Waals surface area contributed by atoms with Gasteiger partial charge < -0.3 is 14.6 Å². The van der Waals surface area contributed by atoms with Gasteiger partial charge in [0.2, 0.25) is 0 Å². The molecular formula is C15H20O4. The van der Waals surface area contributed by atoms with Gasteiger partial charge >= 0.3 is 5.97 Å². The molecule has 0 aliphatic rings. The lowest BCUT2D eigenvalue weighted by molar-refractivity contribution is -0.132. The number of benzene rings is 1. The molecule has 1 aromatic rings. The summed E-state index contributed by atoms with van der Waals surface area (Å²) in [4.78, 5) is 10.8. The number of hydrogen-bond acceptors (Lipinski definition) is 3. The van der Waals surface area contributed by atoms with Gasteiger partial charge in [-0.25, -0.2) is 4.79 Å². The topological polar surface area (TPSA) is 55.8 Å². The molecule has 1 N–H and O–H groups in total. The van der Waals surface area contributed by atoms with Crippen LogP contribution in [-0.4, -0.2) is 24.3 Å². The van der Waals surface area contributed by atoms with E-state index in [4.69, 9.17) is 14.6 Å². The first kappa shape index (κ1) is 15.1. The first-order valence-electron chi connectivity index (χ1n) is 6.37. The van der Waals surface area contributed by atoms with Gasteiger partial charge in [-0.3, -0.25) is 0 Å². The average molecular weight is 264 g/mol. The fraction of sp³-hybridized carbons (Fsp3) is 0.400. The van der Waals surface area contributed by atoms with Crippen molar-refractivity contribution in [2.45, 2.75) is 27.2 Å². The van der Waals surface area contributed by atoms with Gasteiger partial charge in [0, 0.05) is 11.1 Å². The Labute approximate surface area is 113 Å². The van der Waals surface area contributed by atoms with Crippen molar-refractivity contribution in [2.24, 2.45) is 0 Å². The monoisotopic (exact) mass is 264 g/mol. The molecule has 0 saturated heterocycles. The number of ether oxygens (including phenoxy) is 2. The maximum absolute atomic E-state index is 10.8. The summed E-state index contributed by atoms with van der Waals surface area (Å²) in [7, 11) is 0. The molecule has 0 bridgehead atoms. The van der Waals surface area contributed by atoms with Crippen molar-refractivity contribution in [3.05, 3.63) is 35.4 Å². The van der Waals surface area contributed by atoms with Crippen LogP contribution in [0.15, 0.2) is 29.8 Å². The zero-order chi connectivity index (χ0) is 14.3. The van der Waals surface area contributed by atoms with Crippen LogP contribution in [0.25, 0.3) is 0 Å². The van der Waals surface area contributed by atoms with Crippen LogP contribution in [0.2, 0.25) is 0 Å². The fourth-order valence-corrected chi connectivity index (χ4v) is 1.67. The van der Waals surface area contributed by atoms with E-state index in [9.17, 15) is 4.79 Å². The number of aliphatic carboxylic acids is 1. The van der Waals surface area contributed by atoms with Crippen LogP contribution < -0.4 is 9.47 Å². The Bertz CT molecular complexity index is 439. The molecule has 0 amide bonds. The lowest BCUT2D eigenvalue weighted by Gasteiger charge is -2.14. The van der Waals surface area contributed by atoms with Gasteiger partial charge in [-0.1, -0.05) is 12.1 Å². The van der Waals surface area contributed by atoms with Crippen LogP contribution in [0.5, 0.6) is 11.5 Å². The predicted octanol–water partition coefficient (Wildman–Crippen LogP) is 3.06. The molecule has 19 heavy (non-hydrogen) atoms.